The Morgan fingerprint density at radius 3 is 2.11 bits per heavy atom. The molecular weight excluding hydrogens is 247 g/mol. The van der Waals surface area contributed by atoms with Crippen LogP contribution in [0.2, 0.25) is 0 Å². The second-order valence-electron chi connectivity index (χ2n) is 6.44. The van der Waals surface area contributed by atoms with E-state index in [-0.39, 0.29) is 10.3 Å². The Morgan fingerprint density at radius 2 is 1.67 bits per heavy atom. The van der Waals surface area contributed by atoms with Gasteiger partial charge in [-0.25, -0.2) is 0 Å². The Balaban J connectivity index is 4.39. The van der Waals surface area contributed by atoms with E-state index >= 15 is 0 Å². The predicted molar refractivity (Wildman–Crippen MR) is 80.8 cm³/mol. The van der Waals surface area contributed by atoms with Gasteiger partial charge in [0.25, 0.3) is 0 Å². The highest BCUT2D eigenvalue weighted by Gasteiger charge is 2.32. The number of unbranched alkanes of at least 4 members (excludes halogenated alkanes) is 1. The van der Waals surface area contributed by atoms with E-state index in [4.69, 9.17) is 4.74 Å². The van der Waals surface area contributed by atoms with Crippen LogP contribution in [-0.4, -0.2) is 16.5 Å². The third-order valence-electron chi connectivity index (χ3n) is 3.04. The van der Waals surface area contributed by atoms with Crippen molar-refractivity contribution in [1.82, 2.24) is 0 Å². The Kier molecular flexibility index (Phi) is 8.53. The van der Waals surface area contributed by atoms with Crippen LogP contribution in [0.25, 0.3) is 0 Å². The van der Waals surface area contributed by atoms with Gasteiger partial charge in [0.2, 0.25) is 0 Å². The minimum Gasteiger partial charge on any atom is -0.372 e. The first-order chi connectivity index (χ1) is 8.26. The van der Waals surface area contributed by atoms with Crippen LogP contribution in [0.5, 0.6) is 0 Å². The average Bonchev–Trinajstić information content (AvgIpc) is 2.24. The highest BCUT2D eigenvalue weighted by molar-refractivity contribution is 7.95. The van der Waals surface area contributed by atoms with Crippen molar-refractivity contribution in [2.24, 2.45) is 0 Å². The van der Waals surface area contributed by atoms with Crippen molar-refractivity contribution in [2.75, 3.05) is 0 Å². The first-order valence-corrected chi connectivity index (χ1v) is 7.95. The Morgan fingerprint density at radius 1 is 1.06 bits per heavy atom. The first-order valence-electron chi connectivity index (χ1n) is 7.24. The molecule has 0 N–H and O–H groups in total. The lowest BCUT2D eigenvalue weighted by Crippen LogP contribution is -2.36. The minimum absolute atomic E-state index is 0.254. The molecule has 0 radical (unpaired) electrons. The van der Waals surface area contributed by atoms with Crippen LogP contribution in [0.1, 0.15) is 80.1 Å². The highest BCUT2D eigenvalue weighted by Crippen LogP contribution is 2.36. The van der Waals surface area contributed by atoms with Crippen LogP contribution < -0.4 is 0 Å². The molecule has 0 saturated heterocycles. The van der Waals surface area contributed by atoms with Crippen molar-refractivity contribution in [2.45, 2.75) is 96.5 Å². The normalized spacial score (nSPS) is 14.8. The van der Waals surface area contributed by atoms with Gasteiger partial charge >= 0.3 is 0 Å². The van der Waals surface area contributed by atoms with E-state index in [1.807, 2.05) is 13.8 Å². The third kappa shape index (κ3) is 8.36. The molecule has 18 heavy (non-hydrogen) atoms. The van der Waals surface area contributed by atoms with Crippen LogP contribution in [0.15, 0.2) is 0 Å². The molecule has 3 heteroatoms. The minimum atomic E-state index is -0.370. The van der Waals surface area contributed by atoms with Gasteiger partial charge in [-0.15, -0.1) is 0 Å². The zero-order chi connectivity index (χ0) is 14.2. The van der Waals surface area contributed by atoms with Crippen molar-refractivity contribution >= 4 is 12.1 Å². The molecule has 0 rings (SSSR count). The lowest BCUT2D eigenvalue weighted by atomic mass is 9.94. The quantitative estimate of drug-likeness (QED) is 0.490. The highest BCUT2D eigenvalue weighted by atomic mass is 32.2. The summed E-state index contributed by atoms with van der Waals surface area (Å²) in [4.78, 5) is 0. The molecule has 1 nitrogen and oxygen atoms in total. The molecular formula is C15H31FOS. The monoisotopic (exact) mass is 278 g/mol. The van der Waals surface area contributed by atoms with Gasteiger partial charge in [0, 0.05) is 4.75 Å². The molecule has 0 aromatic rings. The van der Waals surface area contributed by atoms with Gasteiger partial charge in [-0.2, -0.15) is 3.89 Å². The Labute approximate surface area is 118 Å². The van der Waals surface area contributed by atoms with Crippen LogP contribution >= 0.6 is 12.1 Å². The van der Waals surface area contributed by atoms with Gasteiger partial charge in [0.05, 0.1) is 23.9 Å². The van der Waals surface area contributed by atoms with Gasteiger partial charge in [-0.3, -0.25) is 0 Å². The molecule has 0 saturated carbocycles. The fraction of sp³-hybridized carbons (Fsp3) is 1.00. The molecule has 0 amide bonds. The molecule has 0 unspecified atom stereocenters. The summed E-state index contributed by atoms with van der Waals surface area (Å²) in [6, 6.07) is 0. The molecule has 0 aliphatic carbocycles. The summed E-state index contributed by atoms with van der Waals surface area (Å²) >= 11 is 0.432. The second-order valence-corrected chi connectivity index (χ2v) is 7.70. The first kappa shape index (κ1) is 18.2. The Hall–Kier alpha value is 0.240. The predicted octanol–water partition coefficient (Wildman–Crippen LogP) is 5.93. The maximum atomic E-state index is 12.9. The fourth-order valence-corrected chi connectivity index (χ4v) is 2.96. The van der Waals surface area contributed by atoms with Crippen molar-refractivity contribution in [1.29, 1.82) is 0 Å². The van der Waals surface area contributed by atoms with Gasteiger partial charge in [0.15, 0.2) is 0 Å². The van der Waals surface area contributed by atoms with E-state index in [1.54, 1.807) is 0 Å². The van der Waals surface area contributed by atoms with Gasteiger partial charge < -0.3 is 4.74 Å². The van der Waals surface area contributed by atoms with Crippen molar-refractivity contribution in [3.05, 3.63) is 0 Å². The van der Waals surface area contributed by atoms with Gasteiger partial charge in [-0.05, 0) is 47.0 Å². The largest absolute Gasteiger partial charge is 0.372 e. The maximum Gasteiger partial charge on any atom is 0.0644 e. The SMILES string of the molecule is CCCC[C@@H](CCC)OC(C)(C)CC(C)(C)SF. The van der Waals surface area contributed by atoms with E-state index < -0.39 is 0 Å². The molecule has 1 atom stereocenters. The number of hydrogen-bond acceptors (Lipinski definition) is 2. The zero-order valence-corrected chi connectivity index (χ0v) is 13.8. The van der Waals surface area contributed by atoms with Crippen LogP contribution in [0.4, 0.5) is 3.89 Å². The molecule has 0 bridgehead atoms. The fourth-order valence-electron chi connectivity index (χ4n) is 2.56. The number of rotatable bonds is 10. The maximum absolute atomic E-state index is 12.9. The summed E-state index contributed by atoms with van der Waals surface area (Å²) in [7, 11) is 0. The molecule has 0 fully saturated rings. The summed E-state index contributed by atoms with van der Waals surface area (Å²) in [5.74, 6) is 0. The summed E-state index contributed by atoms with van der Waals surface area (Å²) in [5.41, 5.74) is -0.254. The van der Waals surface area contributed by atoms with Crippen molar-refractivity contribution in [3.63, 3.8) is 0 Å². The summed E-state index contributed by atoms with van der Waals surface area (Å²) in [5, 5.41) is 0. The van der Waals surface area contributed by atoms with Crippen molar-refractivity contribution < 1.29 is 8.62 Å². The zero-order valence-electron chi connectivity index (χ0n) is 13.0. The molecule has 0 aromatic carbocycles. The van der Waals surface area contributed by atoms with E-state index in [2.05, 4.69) is 27.7 Å². The second kappa shape index (κ2) is 8.42. The topological polar surface area (TPSA) is 9.23 Å². The molecule has 0 spiro atoms. The van der Waals surface area contributed by atoms with E-state index in [0.29, 0.717) is 18.3 Å². The van der Waals surface area contributed by atoms with Crippen LogP contribution in [0, 0.1) is 0 Å². The number of halogens is 1. The van der Waals surface area contributed by atoms with Crippen LogP contribution in [-0.2, 0) is 4.74 Å². The van der Waals surface area contributed by atoms with E-state index in [0.717, 1.165) is 25.7 Å². The molecule has 0 aromatic heterocycles. The number of hydrogen-bond donors (Lipinski definition) is 0. The van der Waals surface area contributed by atoms with Crippen molar-refractivity contribution in [3.8, 4) is 0 Å². The average molecular weight is 278 g/mol. The van der Waals surface area contributed by atoms with Crippen LogP contribution in [0.3, 0.4) is 0 Å². The molecule has 0 aliphatic rings. The lowest BCUT2D eigenvalue weighted by Gasteiger charge is -2.35. The lowest BCUT2D eigenvalue weighted by molar-refractivity contribution is -0.0860. The summed E-state index contributed by atoms with van der Waals surface area (Å²) in [6.45, 7) is 12.4. The summed E-state index contributed by atoms with van der Waals surface area (Å²) in [6.07, 6.45) is 6.84. The van der Waals surface area contributed by atoms with Gasteiger partial charge in [-0.1, -0.05) is 33.1 Å². The molecule has 110 valence electrons. The third-order valence-corrected chi connectivity index (χ3v) is 3.60. The smallest absolute Gasteiger partial charge is 0.0644 e. The summed E-state index contributed by atoms with van der Waals surface area (Å²) < 4.78 is 18.7. The number of ether oxygens (including phenoxy) is 1. The van der Waals surface area contributed by atoms with E-state index in [1.165, 1.54) is 12.8 Å². The van der Waals surface area contributed by atoms with Gasteiger partial charge in [0.1, 0.15) is 0 Å². The molecule has 0 aliphatic heterocycles. The molecule has 0 heterocycles. The van der Waals surface area contributed by atoms with E-state index in [9.17, 15) is 3.89 Å². The Bertz CT molecular complexity index is 217. The standard InChI is InChI=1S/C15H31FOS/c1-7-9-11-13(10-8-2)17-14(3,4)12-15(5,6)18-16/h13H,7-12H2,1-6H3/t13-/m1/s1.